The number of amides is 1. The Hall–Kier alpha value is -0.610. The molecule has 0 saturated heterocycles. The van der Waals surface area contributed by atoms with E-state index in [2.05, 4.69) is 5.32 Å². The van der Waals surface area contributed by atoms with Crippen molar-refractivity contribution in [3.63, 3.8) is 0 Å². The highest BCUT2D eigenvalue weighted by Crippen LogP contribution is 1.93. The maximum atomic E-state index is 11.4. The van der Waals surface area contributed by atoms with Crippen molar-refractivity contribution in [2.45, 2.75) is 39.7 Å². The summed E-state index contributed by atoms with van der Waals surface area (Å²) in [7, 11) is 1.94. The molecule has 0 atom stereocenters. The van der Waals surface area contributed by atoms with Crippen molar-refractivity contribution in [2.75, 3.05) is 33.3 Å². The van der Waals surface area contributed by atoms with Crippen LogP contribution in [-0.4, -0.2) is 50.2 Å². The molecule has 1 amide bonds. The summed E-state index contributed by atoms with van der Waals surface area (Å²) in [6.07, 6.45) is 2.28. The molecule has 0 spiro atoms. The van der Waals surface area contributed by atoms with Crippen LogP contribution < -0.4 is 5.32 Å². The van der Waals surface area contributed by atoms with Crippen LogP contribution in [0.3, 0.4) is 0 Å². The molecule has 96 valence electrons. The molecule has 0 heterocycles. The van der Waals surface area contributed by atoms with Crippen LogP contribution in [0.15, 0.2) is 0 Å². The van der Waals surface area contributed by atoms with Gasteiger partial charge in [0.05, 0.1) is 12.6 Å². The summed E-state index contributed by atoms with van der Waals surface area (Å²) in [6.45, 7) is 9.01. The summed E-state index contributed by atoms with van der Waals surface area (Å²) in [5.74, 6) is 0.106. The highest BCUT2D eigenvalue weighted by molar-refractivity contribution is 5.77. The van der Waals surface area contributed by atoms with Crippen LogP contribution >= 0.6 is 0 Å². The van der Waals surface area contributed by atoms with Crippen molar-refractivity contribution < 1.29 is 9.53 Å². The SMILES string of the molecule is CCN(C)CC(=O)NCCCCOC(C)C. The van der Waals surface area contributed by atoms with E-state index in [9.17, 15) is 4.79 Å². The Kier molecular flexibility index (Phi) is 9.24. The van der Waals surface area contributed by atoms with E-state index in [0.29, 0.717) is 12.6 Å². The number of carbonyl (C=O) groups excluding carboxylic acids is 1. The van der Waals surface area contributed by atoms with Gasteiger partial charge in [0.25, 0.3) is 0 Å². The number of hydrogen-bond donors (Lipinski definition) is 1. The lowest BCUT2D eigenvalue weighted by molar-refractivity contribution is -0.121. The molecule has 0 aliphatic heterocycles. The third-order valence-electron chi connectivity index (χ3n) is 2.30. The fourth-order valence-electron chi connectivity index (χ4n) is 1.19. The van der Waals surface area contributed by atoms with Crippen LogP contribution in [0.25, 0.3) is 0 Å². The molecule has 0 saturated carbocycles. The first-order valence-electron chi connectivity index (χ1n) is 6.13. The summed E-state index contributed by atoms with van der Waals surface area (Å²) in [5, 5.41) is 2.90. The Morgan fingerprint density at radius 2 is 2.06 bits per heavy atom. The van der Waals surface area contributed by atoms with Crippen molar-refractivity contribution in [3.05, 3.63) is 0 Å². The molecule has 4 heteroatoms. The Balaban J connectivity index is 3.28. The van der Waals surface area contributed by atoms with E-state index in [4.69, 9.17) is 4.74 Å². The summed E-state index contributed by atoms with van der Waals surface area (Å²) in [6, 6.07) is 0. The topological polar surface area (TPSA) is 41.6 Å². The predicted molar refractivity (Wildman–Crippen MR) is 66.5 cm³/mol. The molecule has 0 aliphatic carbocycles. The minimum Gasteiger partial charge on any atom is -0.379 e. The monoisotopic (exact) mass is 230 g/mol. The molecule has 16 heavy (non-hydrogen) atoms. The molecule has 0 rings (SSSR count). The van der Waals surface area contributed by atoms with Gasteiger partial charge in [-0.3, -0.25) is 9.69 Å². The standard InChI is InChI=1S/C12H26N2O2/c1-5-14(4)10-12(15)13-8-6-7-9-16-11(2)3/h11H,5-10H2,1-4H3,(H,13,15). The highest BCUT2D eigenvalue weighted by Gasteiger charge is 2.03. The molecule has 4 nitrogen and oxygen atoms in total. The molecule has 0 aromatic heterocycles. The Labute approximate surface area is 99.3 Å². The van der Waals surface area contributed by atoms with Gasteiger partial charge in [-0.15, -0.1) is 0 Å². The van der Waals surface area contributed by atoms with Gasteiger partial charge in [0.15, 0.2) is 0 Å². The van der Waals surface area contributed by atoms with E-state index < -0.39 is 0 Å². The number of unbranched alkanes of at least 4 members (excludes halogenated alkanes) is 1. The fraction of sp³-hybridized carbons (Fsp3) is 0.917. The van der Waals surface area contributed by atoms with Gasteiger partial charge in [-0.25, -0.2) is 0 Å². The average molecular weight is 230 g/mol. The molecule has 0 aliphatic rings. The van der Waals surface area contributed by atoms with Gasteiger partial charge in [0.2, 0.25) is 5.91 Å². The van der Waals surface area contributed by atoms with Crippen molar-refractivity contribution >= 4 is 5.91 Å². The first-order chi connectivity index (χ1) is 7.56. The lowest BCUT2D eigenvalue weighted by atomic mass is 10.3. The third kappa shape index (κ3) is 9.93. The summed E-state index contributed by atoms with van der Waals surface area (Å²) in [5.41, 5.74) is 0. The Bertz CT molecular complexity index is 184. The smallest absolute Gasteiger partial charge is 0.234 e. The van der Waals surface area contributed by atoms with Gasteiger partial charge < -0.3 is 10.1 Å². The van der Waals surface area contributed by atoms with Gasteiger partial charge in [0.1, 0.15) is 0 Å². The second-order valence-corrected chi connectivity index (χ2v) is 4.31. The lowest BCUT2D eigenvalue weighted by Gasteiger charge is -2.13. The van der Waals surface area contributed by atoms with Crippen LogP contribution in [0.5, 0.6) is 0 Å². The molecular weight excluding hydrogens is 204 g/mol. The van der Waals surface area contributed by atoms with E-state index >= 15 is 0 Å². The van der Waals surface area contributed by atoms with Gasteiger partial charge >= 0.3 is 0 Å². The minimum atomic E-state index is 0.106. The van der Waals surface area contributed by atoms with Crippen molar-refractivity contribution in [1.82, 2.24) is 10.2 Å². The molecule has 0 aromatic carbocycles. The predicted octanol–water partition coefficient (Wildman–Crippen LogP) is 1.26. The van der Waals surface area contributed by atoms with Crippen molar-refractivity contribution in [1.29, 1.82) is 0 Å². The van der Waals surface area contributed by atoms with Gasteiger partial charge in [-0.1, -0.05) is 6.92 Å². The zero-order chi connectivity index (χ0) is 12.4. The van der Waals surface area contributed by atoms with Crippen LogP contribution in [0.4, 0.5) is 0 Å². The second-order valence-electron chi connectivity index (χ2n) is 4.31. The lowest BCUT2D eigenvalue weighted by Crippen LogP contribution is -2.35. The molecule has 0 fully saturated rings. The summed E-state index contributed by atoms with van der Waals surface area (Å²) in [4.78, 5) is 13.4. The zero-order valence-corrected chi connectivity index (χ0v) is 11.1. The normalized spacial score (nSPS) is 11.1. The number of ether oxygens (including phenoxy) is 1. The number of hydrogen-bond acceptors (Lipinski definition) is 3. The van der Waals surface area contributed by atoms with Crippen LogP contribution in [-0.2, 0) is 9.53 Å². The molecule has 0 aromatic rings. The first kappa shape index (κ1) is 15.4. The number of rotatable bonds is 9. The van der Waals surface area contributed by atoms with E-state index in [1.807, 2.05) is 32.7 Å². The third-order valence-corrected chi connectivity index (χ3v) is 2.30. The van der Waals surface area contributed by atoms with Crippen molar-refractivity contribution in [2.24, 2.45) is 0 Å². The van der Waals surface area contributed by atoms with Gasteiger partial charge in [-0.2, -0.15) is 0 Å². The molecule has 0 bridgehead atoms. The summed E-state index contributed by atoms with van der Waals surface area (Å²) >= 11 is 0. The quantitative estimate of drug-likeness (QED) is 0.606. The number of carbonyl (C=O) groups is 1. The maximum Gasteiger partial charge on any atom is 0.234 e. The summed E-state index contributed by atoms with van der Waals surface area (Å²) < 4.78 is 5.41. The zero-order valence-electron chi connectivity index (χ0n) is 11.1. The van der Waals surface area contributed by atoms with Crippen LogP contribution in [0.2, 0.25) is 0 Å². The van der Waals surface area contributed by atoms with E-state index in [1.54, 1.807) is 0 Å². The fourth-order valence-corrected chi connectivity index (χ4v) is 1.19. The van der Waals surface area contributed by atoms with Gasteiger partial charge in [0, 0.05) is 13.2 Å². The molecular formula is C12H26N2O2. The largest absolute Gasteiger partial charge is 0.379 e. The second kappa shape index (κ2) is 9.60. The molecule has 0 unspecified atom stereocenters. The number of nitrogens with zero attached hydrogens (tertiary/aromatic N) is 1. The van der Waals surface area contributed by atoms with E-state index in [1.165, 1.54) is 0 Å². The molecule has 1 N–H and O–H groups in total. The van der Waals surface area contributed by atoms with E-state index in [-0.39, 0.29) is 5.91 Å². The maximum absolute atomic E-state index is 11.4. The minimum absolute atomic E-state index is 0.106. The van der Waals surface area contributed by atoms with E-state index in [0.717, 1.165) is 32.5 Å². The van der Waals surface area contributed by atoms with Crippen LogP contribution in [0, 0.1) is 0 Å². The average Bonchev–Trinajstić information content (AvgIpc) is 2.22. The van der Waals surface area contributed by atoms with Crippen molar-refractivity contribution in [3.8, 4) is 0 Å². The Morgan fingerprint density at radius 3 is 2.62 bits per heavy atom. The first-order valence-corrected chi connectivity index (χ1v) is 6.13. The Morgan fingerprint density at radius 1 is 1.38 bits per heavy atom. The number of likely N-dealkylation sites (N-methyl/N-ethyl adjacent to an activating group) is 1. The van der Waals surface area contributed by atoms with Gasteiger partial charge in [-0.05, 0) is 40.3 Å². The highest BCUT2D eigenvalue weighted by atomic mass is 16.5. The van der Waals surface area contributed by atoms with Crippen LogP contribution in [0.1, 0.15) is 33.6 Å². The molecule has 0 radical (unpaired) electrons. The number of nitrogens with one attached hydrogen (secondary N) is 1.